The van der Waals surface area contributed by atoms with Crippen LogP contribution in [0.2, 0.25) is 0 Å². The largest absolute Gasteiger partial charge is 0.312 e. The summed E-state index contributed by atoms with van der Waals surface area (Å²) in [6.07, 6.45) is 3.23. The highest BCUT2D eigenvalue weighted by Crippen LogP contribution is 2.34. The van der Waals surface area contributed by atoms with E-state index in [0.717, 1.165) is 30.8 Å². The molecule has 1 aromatic rings. The fourth-order valence-electron chi connectivity index (χ4n) is 2.27. The van der Waals surface area contributed by atoms with Crippen LogP contribution in [-0.2, 0) is 16.3 Å². The summed E-state index contributed by atoms with van der Waals surface area (Å²) in [6.45, 7) is 7.18. The van der Waals surface area contributed by atoms with Gasteiger partial charge in [-0.05, 0) is 33.6 Å². The van der Waals surface area contributed by atoms with Gasteiger partial charge in [0.1, 0.15) is 15.3 Å². The minimum Gasteiger partial charge on any atom is -0.312 e. The lowest BCUT2D eigenvalue weighted by molar-refractivity contribution is 0.429. The lowest BCUT2D eigenvalue weighted by Crippen LogP contribution is -2.37. The Morgan fingerprint density at radius 2 is 2.05 bits per heavy atom. The first-order valence-electron chi connectivity index (χ1n) is 7.07. The number of nitrogens with zero attached hydrogens (tertiary/aromatic N) is 2. The zero-order valence-electron chi connectivity index (χ0n) is 12.3. The molecular weight excluding hydrogens is 294 g/mol. The summed E-state index contributed by atoms with van der Waals surface area (Å²) >= 11 is 1.45. The lowest BCUT2D eigenvalue weighted by Gasteiger charge is -2.20. The molecule has 0 bridgehead atoms. The smallest absolute Gasteiger partial charge is 0.159 e. The molecule has 114 valence electrons. The van der Waals surface area contributed by atoms with Crippen LogP contribution in [0, 0.1) is 0 Å². The van der Waals surface area contributed by atoms with Gasteiger partial charge in [0, 0.05) is 18.5 Å². The number of nitrogens with one attached hydrogen (secondary N) is 1. The van der Waals surface area contributed by atoms with Crippen molar-refractivity contribution in [2.45, 2.75) is 57.2 Å². The third-order valence-electron chi connectivity index (χ3n) is 3.33. The maximum absolute atomic E-state index is 12.1. The Morgan fingerprint density at radius 3 is 2.70 bits per heavy atom. The fraction of sp³-hybridized carbons (Fsp3) is 0.846. The number of rotatable bonds is 4. The zero-order valence-corrected chi connectivity index (χ0v) is 14.0. The number of aromatic nitrogens is 2. The molecule has 1 N–H and O–H groups in total. The molecule has 20 heavy (non-hydrogen) atoms. The van der Waals surface area contributed by atoms with Gasteiger partial charge in [0.05, 0.1) is 5.75 Å². The van der Waals surface area contributed by atoms with Crippen molar-refractivity contribution in [3.63, 3.8) is 0 Å². The van der Waals surface area contributed by atoms with Gasteiger partial charge in [-0.2, -0.15) is 0 Å². The number of hydrogen-bond donors (Lipinski definition) is 1. The molecule has 1 fully saturated rings. The molecule has 0 spiro atoms. The van der Waals surface area contributed by atoms with Crippen LogP contribution in [0.5, 0.6) is 0 Å². The number of sulfone groups is 1. The number of hydrogen-bond acceptors (Lipinski definition) is 6. The quantitative estimate of drug-likeness (QED) is 0.921. The monoisotopic (exact) mass is 317 g/mol. The van der Waals surface area contributed by atoms with E-state index in [1.165, 1.54) is 11.3 Å². The maximum atomic E-state index is 12.1. The predicted molar refractivity (Wildman–Crippen MR) is 81.7 cm³/mol. The van der Waals surface area contributed by atoms with Gasteiger partial charge in [-0.3, -0.25) is 0 Å². The molecule has 1 aliphatic heterocycles. The van der Waals surface area contributed by atoms with E-state index in [-0.39, 0.29) is 11.3 Å². The Labute approximate surface area is 125 Å². The molecule has 1 unspecified atom stereocenters. The van der Waals surface area contributed by atoms with E-state index < -0.39 is 15.1 Å². The SMILES string of the molecule is CC(C)(C)NCCc1nnc(C2CCCCS2(=O)=O)s1. The molecule has 1 saturated heterocycles. The molecule has 5 nitrogen and oxygen atoms in total. The van der Waals surface area contributed by atoms with Gasteiger partial charge in [-0.1, -0.05) is 6.42 Å². The molecule has 1 aliphatic rings. The van der Waals surface area contributed by atoms with Crippen molar-refractivity contribution in [3.05, 3.63) is 10.0 Å². The van der Waals surface area contributed by atoms with Crippen LogP contribution in [0.15, 0.2) is 0 Å². The highest BCUT2D eigenvalue weighted by molar-refractivity contribution is 7.91. The Bertz CT molecular complexity index is 546. The van der Waals surface area contributed by atoms with Crippen LogP contribution in [-0.4, -0.2) is 36.5 Å². The average molecular weight is 317 g/mol. The van der Waals surface area contributed by atoms with E-state index in [9.17, 15) is 8.42 Å². The van der Waals surface area contributed by atoms with Crippen molar-refractivity contribution in [3.8, 4) is 0 Å². The van der Waals surface area contributed by atoms with Crippen LogP contribution in [0.25, 0.3) is 0 Å². The van der Waals surface area contributed by atoms with Gasteiger partial charge < -0.3 is 5.32 Å². The van der Waals surface area contributed by atoms with E-state index in [4.69, 9.17) is 0 Å². The summed E-state index contributed by atoms with van der Waals surface area (Å²) in [5.74, 6) is 0.290. The second-order valence-electron chi connectivity index (χ2n) is 6.31. The topological polar surface area (TPSA) is 72.0 Å². The summed E-state index contributed by atoms with van der Waals surface area (Å²) < 4.78 is 24.1. The predicted octanol–water partition coefficient (Wildman–Crippen LogP) is 2.11. The van der Waals surface area contributed by atoms with Crippen molar-refractivity contribution in [2.24, 2.45) is 0 Å². The molecule has 0 saturated carbocycles. The average Bonchev–Trinajstić information content (AvgIpc) is 2.75. The van der Waals surface area contributed by atoms with Crippen molar-refractivity contribution < 1.29 is 8.42 Å². The Kier molecular flexibility index (Phi) is 4.81. The molecule has 0 radical (unpaired) electrons. The first-order valence-corrected chi connectivity index (χ1v) is 9.60. The van der Waals surface area contributed by atoms with Gasteiger partial charge in [-0.15, -0.1) is 21.5 Å². The summed E-state index contributed by atoms with van der Waals surface area (Å²) in [6, 6.07) is 0. The third kappa shape index (κ3) is 4.23. The Morgan fingerprint density at radius 1 is 1.30 bits per heavy atom. The molecule has 0 aromatic carbocycles. The summed E-state index contributed by atoms with van der Waals surface area (Å²) in [5, 5.41) is 12.8. The van der Waals surface area contributed by atoms with E-state index in [1.54, 1.807) is 0 Å². The third-order valence-corrected chi connectivity index (χ3v) is 6.76. The first-order chi connectivity index (χ1) is 9.28. The van der Waals surface area contributed by atoms with E-state index in [1.807, 2.05) is 0 Å². The van der Waals surface area contributed by atoms with Gasteiger partial charge in [0.25, 0.3) is 0 Å². The van der Waals surface area contributed by atoms with Gasteiger partial charge in [0.15, 0.2) is 9.84 Å². The molecule has 0 aliphatic carbocycles. The minimum absolute atomic E-state index is 0.0836. The van der Waals surface area contributed by atoms with Crippen molar-refractivity contribution >= 4 is 21.2 Å². The van der Waals surface area contributed by atoms with Crippen LogP contribution in [0.1, 0.15) is 55.3 Å². The molecule has 2 rings (SSSR count). The second kappa shape index (κ2) is 6.07. The van der Waals surface area contributed by atoms with Crippen molar-refractivity contribution in [1.82, 2.24) is 15.5 Å². The molecule has 2 heterocycles. The maximum Gasteiger partial charge on any atom is 0.159 e. The highest BCUT2D eigenvalue weighted by Gasteiger charge is 2.33. The summed E-state index contributed by atoms with van der Waals surface area (Å²) in [7, 11) is -3.01. The fourth-order valence-corrected chi connectivity index (χ4v) is 5.49. The molecule has 7 heteroatoms. The standard InChI is InChI=1S/C13H23N3O2S2/c1-13(2,3)14-8-7-11-15-16-12(19-11)10-6-4-5-9-20(10,17)18/h10,14H,4-9H2,1-3H3. The van der Waals surface area contributed by atoms with Crippen molar-refractivity contribution in [2.75, 3.05) is 12.3 Å². The molecular formula is C13H23N3O2S2. The van der Waals surface area contributed by atoms with Crippen LogP contribution < -0.4 is 5.32 Å². The van der Waals surface area contributed by atoms with E-state index >= 15 is 0 Å². The van der Waals surface area contributed by atoms with Gasteiger partial charge in [0.2, 0.25) is 0 Å². The van der Waals surface area contributed by atoms with Gasteiger partial charge in [-0.25, -0.2) is 8.42 Å². The normalized spacial score (nSPS) is 22.9. The van der Waals surface area contributed by atoms with E-state index in [0.29, 0.717) is 11.4 Å². The van der Waals surface area contributed by atoms with Crippen LogP contribution >= 0.6 is 11.3 Å². The Hall–Kier alpha value is -0.530. The minimum atomic E-state index is -3.01. The first kappa shape index (κ1) is 15.9. The Balaban J connectivity index is 1.98. The van der Waals surface area contributed by atoms with Crippen molar-refractivity contribution in [1.29, 1.82) is 0 Å². The van der Waals surface area contributed by atoms with E-state index in [2.05, 4.69) is 36.3 Å². The molecule has 1 aromatic heterocycles. The zero-order chi connectivity index (χ0) is 14.8. The molecule has 0 amide bonds. The second-order valence-corrected chi connectivity index (χ2v) is 9.71. The van der Waals surface area contributed by atoms with Crippen LogP contribution in [0.3, 0.4) is 0 Å². The molecule has 1 atom stereocenters. The lowest BCUT2D eigenvalue weighted by atomic mass is 10.1. The van der Waals surface area contributed by atoms with Crippen LogP contribution in [0.4, 0.5) is 0 Å². The van der Waals surface area contributed by atoms with Gasteiger partial charge >= 0.3 is 0 Å². The highest BCUT2D eigenvalue weighted by atomic mass is 32.2. The summed E-state index contributed by atoms with van der Waals surface area (Å²) in [5.41, 5.74) is 0.0836. The summed E-state index contributed by atoms with van der Waals surface area (Å²) in [4.78, 5) is 0.